The maximum absolute atomic E-state index is 11.8. The molecule has 10 nitrogen and oxygen atoms in total. The summed E-state index contributed by atoms with van der Waals surface area (Å²) in [5, 5.41) is 21.5. The average Bonchev–Trinajstić information content (AvgIpc) is 3.13. The number of para-hydroxylation sites is 4. The van der Waals surface area contributed by atoms with Crippen molar-refractivity contribution in [3.05, 3.63) is 96.1 Å². The molecule has 4 aromatic carbocycles. The standard InChI is InChI=1S/2C21H28O5S.Ca/c2*1-2-3-4-5-6-7-8-11-17-14-15-18(16-21(17)27(23,24)25)26-20-13-10-9-12-19(20)22;/h2*9-10,12-16,22H,2-8,11H2,1H3,(H,23,24,25);/q;;+2/p-2. The van der Waals surface area contributed by atoms with Gasteiger partial charge in [0.05, 0.1) is 4.90 Å². The number of hydrogen-bond acceptors (Lipinski definition) is 9. The van der Waals surface area contributed by atoms with E-state index in [0.717, 1.165) is 38.5 Å². The van der Waals surface area contributed by atoms with E-state index in [-0.39, 0.29) is 82.0 Å². The number of rotatable bonds is 22. The summed E-state index contributed by atoms with van der Waals surface area (Å²) >= 11 is 0. The number of unbranched alkanes of at least 4 members (excludes halogenated alkanes) is 12. The molecule has 0 unspecified atom stereocenters. The minimum absolute atomic E-state index is 0. The molecule has 0 saturated carbocycles. The summed E-state index contributed by atoms with van der Waals surface area (Å²) in [6, 6.07) is 21.5. The summed E-state index contributed by atoms with van der Waals surface area (Å²) in [4.78, 5) is -0.407. The average molecular weight is 823 g/mol. The van der Waals surface area contributed by atoms with Crippen molar-refractivity contribution >= 4 is 58.0 Å². The summed E-state index contributed by atoms with van der Waals surface area (Å²) in [5.41, 5.74) is 1.08. The Hall–Kier alpha value is -2.84. The van der Waals surface area contributed by atoms with Crippen LogP contribution < -0.4 is 14.6 Å². The summed E-state index contributed by atoms with van der Waals surface area (Å²) in [7, 11) is -8.98. The monoisotopic (exact) mass is 822 g/mol. The van der Waals surface area contributed by atoms with Crippen LogP contribution in [0.4, 0.5) is 0 Å². The molecule has 0 saturated heterocycles. The van der Waals surface area contributed by atoms with Crippen LogP contribution in [0.15, 0.2) is 94.7 Å². The molecule has 0 radical (unpaired) electrons. The largest absolute Gasteiger partial charge is 2.00 e. The van der Waals surface area contributed by atoms with E-state index in [2.05, 4.69) is 13.8 Å². The van der Waals surface area contributed by atoms with Crippen molar-refractivity contribution in [3.63, 3.8) is 0 Å². The van der Waals surface area contributed by atoms with Gasteiger partial charge in [-0.15, -0.1) is 0 Å². The first-order valence-corrected chi connectivity index (χ1v) is 21.8. The molecule has 0 atom stereocenters. The smallest absolute Gasteiger partial charge is 0.870 e. The molecular weight excluding hydrogens is 769 g/mol. The fourth-order valence-electron chi connectivity index (χ4n) is 5.96. The van der Waals surface area contributed by atoms with Crippen LogP contribution in [0.1, 0.15) is 115 Å². The molecule has 0 aliphatic heterocycles. The van der Waals surface area contributed by atoms with Crippen LogP contribution in [-0.2, 0) is 33.1 Å². The molecule has 4 aromatic rings. The van der Waals surface area contributed by atoms with Gasteiger partial charge in [-0.25, -0.2) is 8.42 Å². The molecule has 2 N–H and O–H groups in total. The van der Waals surface area contributed by atoms with Gasteiger partial charge in [-0.2, -0.15) is 8.42 Å². The van der Waals surface area contributed by atoms with Gasteiger partial charge in [0.1, 0.15) is 32.3 Å². The van der Waals surface area contributed by atoms with Crippen LogP contribution in [0.5, 0.6) is 34.5 Å². The van der Waals surface area contributed by atoms with Gasteiger partial charge in [0.2, 0.25) is 0 Å². The van der Waals surface area contributed by atoms with Gasteiger partial charge in [-0.3, -0.25) is 4.55 Å². The normalized spacial score (nSPS) is 11.3. The van der Waals surface area contributed by atoms with E-state index < -0.39 is 20.2 Å². The van der Waals surface area contributed by atoms with E-state index in [1.807, 2.05) is 0 Å². The summed E-state index contributed by atoms with van der Waals surface area (Å²) in [6.45, 7) is 4.36. The third kappa shape index (κ3) is 17.9. The fraction of sp³-hybridized carbons (Fsp3) is 0.429. The molecule has 0 aliphatic rings. The first-order valence-electron chi connectivity index (χ1n) is 18.9. The zero-order valence-corrected chi connectivity index (χ0v) is 35.9. The number of aromatic hydroxyl groups is 1. The number of aryl methyl sites for hydroxylation is 2. The van der Waals surface area contributed by atoms with Crippen LogP contribution in [-0.4, -0.2) is 68.8 Å². The van der Waals surface area contributed by atoms with E-state index in [4.69, 9.17) is 9.47 Å². The van der Waals surface area contributed by atoms with Crippen LogP contribution in [0, 0.1) is 0 Å². The maximum Gasteiger partial charge on any atom is 2.00 e. The van der Waals surface area contributed by atoms with Crippen LogP contribution in [0.2, 0.25) is 0 Å². The van der Waals surface area contributed by atoms with Crippen molar-refractivity contribution in [1.29, 1.82) is 0 Å². The molecule has 0 aliphatic carbocycles. The second-order valence-electron chi connectivity index (χ2n) is 13.3. The Morgan fingerprint density at radius 1 is 0.564 bits per heavy atom. The van der Waals surface area contributed by atoms with Gasteiger partial charge < -0.3 is 24.2 Å². The Labute approximate surface area is 357 Å². The minimum Gasteiger partial charge on any atom is -0.870 e. The summed E-state index contributed by atoms with van der Waals surface area (Å²) in [5.74, 6) is 0.364. The molecule has 4 rings (SSSR count). The van der Waals surface area contributed by atoms with Gasteiger partial charge in [-0.05, 0) is 73.2 Å². The van der Waals surface area contributed by atoms with E-state index >= 15 is 0 Å². The molecule has 0 spiro atoms. The Morgan fingerprint density at radius 2 is 0.982 bits per heavy atom. The van der Waals surface area contributed by atoms with Crippen molar-refractivity contribution < 1.29 is 45.6 Å². The number of phenols is 1. The van der Waals surface area contributed by atoms with E-state index in [1.165, 1.54) is 81.7 Å². The van der Waals surface area contributed by atoms with Crippen molar-refractivity contribution in [1.82, 2.24) is 0 Å². The van der Waals surface area contributed by atoms with Crippen LogP contribution >= 0.6 is 0 Å². The van der Waals surface area contributed by atoms with Crippen LogP contribution in [0.3, 0.4) is 0 Å². The van der Waals surface area contributed by atoms with Gasteiger partial charge in [0.15, 0.2) is 11.5 Å². The SMILES string of the molecule is CCCCCCCCCc1ccc(Oc2ccccc2O)cc1S(=O)(=O)O.CCCCCCCCCc1ccc(Oc2ccccc2[O-])cc1S(=O)(=O)[O-].[Ca+2]. The zero-order chi connectivity index (χ0) is 39.4. The molecule has 0 heterocycles. The summed E-state index contributed by atoms with van der Waals surface area (Å²) in [6.07, 6.45) is 16.9. The Balaban J connectivity index is 0.000000373. The number of benzene rings is 4. The number of ether oxygens (including phenoxy) is 2. The zero-order valence-electron chi connectivity index (χ0n) is 32.1. The third-order valence-corrected chi connectivity index (χ3v) is 10.7. The molecular formula is C42H54CaO10S2. The predicted molar refractivity (Wildman–Crippen MR) is 214 cm³/mol. The minimum atomic E-state index is -4.62. The molecule has 0 fully saturated rings. The van der Waals surface area contributed by atoms with Crippen molar-refractivity contribution in [2.75, 3.05) is 0 Å². The van der Waals surface area contributed by atoms with Crippen molar-refractivity contribution in [2.45, 2.75) is 126 Å². The first kappa shape index (κ1) is 48.3. The Kier molecular flexibility index (Phi) is 22.3. The van der Waals surface area contributed by atoms with Crippen LogP contribution in [0.25, 0.3) is 0 Å². The van der Waals surface area contributed by atoms with E-state index in [0.29, 0.717) is 24.0 Å². The van der Waals surface area contributed by atoms with E-state index in [9.17, 15) is 36.2 Å². The molecule has 0 bridgehead atoms. The van der Waals surface area contributed by atoms with Crippen molar-refractivity contribution in [3.8, 4) is 34.5 Å². The molecule has 0 aromatic heterocycles. The van der Waals surface area contributed by atoms with Crippen molar-refractivity contribution in [2.24, 2.45) is 0 Å². The number of hydrogen-bond donors (Lipinski definition) is 2. The van der Waals surface area contributed by atoms with Gasteiger partial charge in [0.25, 0.3) is 10.1 Å². The fourth-order valence-corrected chi connectivity index (χ4v) is 7.48. The van der Waals surface area contributed by atoms with E-state index in [1.54, 1.807) is 54.6 Å². The maximum atomic E-state index is 11.8. The summed E-state index contributed by atoms with van der Waals surface area (Å²) < 4.78 is 79.1. The molecule has 296 valence electrons. The Morgan fingerprint density at radius 3 is 1.45 bits per heavy atom. The topological polar surface area (TPSA) is 173 Å². The second kappa shape index (κ2) is 25.4. The predicted octanol–water partition coefficient (Wildman–Crippen LogP) is 10.1. The third-order valence-electron chi connectivity index (χ3n) is 8.89. The van der Waals surface area contributed by atoms with Gasteiger partial charge in [0, 0.05) is 6.07 Å². The Bertz CT molecular complexity index is 1810. The molecule has 13 heteroatoms. The first-order chi connectivity index (χ1) is 25.8. The van der Waals surface area contributed by atoms with Gasteiger partial charge in [-0.1, -0.05) is 139 Å². The molecule has 0 amide bonds. The second-order valence-corrected chi connectivity index (χ2v) is 16.1. The quantitative estimate of drug-likeness (QED) is 0.0441. The molecule has 55 heavy (non-hydrogen) atoms. The van der Waals surface area contributed by atoms with Gasteiger partial charge >= 0.3 is 37.7 Å². The number of phenolic OH excluding ortho intramolecular Hbond substituents is 1.